The third kappa shape index (κ3) is 6.08. The number of carbonyl (C=O) groups is 1. The molecule has 0 unspecified atom stereocenters. The Bertz CT molecular complexity index is 867. The van der Waals surface area contributed by atoms with Crippen molar-refractivity contribution in [2.24, 2.45) is 0 Å². The average molecular weight is 421 g/mol. The summed E-state index contributed by atoms with van der Waals surface area (Å²) in [5, 5.41) is 3.69. The van der Waals surface area contributed by atoms with Crippen molar-refractivity contribution in [2.75, 3.05) is 51.1 Å². The van der Waals surface area contributed by atoms with Gasteiger partial charge < -0.3 is 10.2 Å². The third-order valence-electron chi connectivity index (χ3n) is 6.66. The molecule has 5 heteroatoms. The predicted molar refractivity (Wildman–Crippen MR) is 127 cm³/mol. The van der Waals surface area contributed by atoms with Gasteiger partial charge in [0.15, 0.2) is 0 Å². The number of rotatable bonds is 6. The van der Waals surface area contributed by atoms with Crippen LogP contribution in [0.25, 0.3) is 0 Å². The van der Waals surface area contributed by atoms with Crippen molar-refractivity contribution in [2.45, 2.75) is 39.3 Å². The number of amides is 1. The van der Waals surface area contributed by atoms with Gasteiger partial charge in [0, 0.05) is 57.5 Å². The molecule has 0 spiro atoms. The van der Waals surface area contributed by atoms with E-state index in [0.717, 1.165) is 58.7 Å². The molecule has 166 valence electrons. The fourth-order valence-electron chi connectivity index (χ4n) is 4.71. The summed E-state index contributed by atoms with van der Waals surface area (Å²) in [6.07, 6.45) is 2.18. The lowest BCUT2D eigenvalue weighted by Gasteiger charge is -2.37. The Balaban J connectivity index is 1.17. The van der Waals surface area contributed by atoms with E-state index in [4.69, 9.17) is 0 Å². The number of hydrogen-bond donors (Lipinski definition) is 1. The van der Waals surface area contributed by atoms with Gasteiger partial charge in [-0.3, -0.25) is 14.6 Å². The van der Waals surface area contributed by atoms with Gasteiger partial charge in [0.25, 0.3) is 0 Å². The standard InChI is InChI=1S/C26H36N4O/c1-21-6-5-8-23(18-21)19-29-14-16-30(17-15-29)26(31)20-28-12-10-24(11-13-28)27-25-9-4-3-7-22(25)2/h3-9,18,24,27H,10-17,19-20H2,1-2H3. The minimum atomic E-state index is 0.292. The Hall–Kier alpha value is -2.37. The maximum Gasteiger partial charge on any atom is 0.236 e. The molecule has 2 aliphatic heterocycles. The zero-order valence-corrected chi connectivity index (χ0v) is 19.0. The Labute approximate surface area is 187 Å². The zero-order chi connectivity index (χ0) is 21.6. The molecule has 0 aromatic heterocycles. The summed E-state index contributed by atoms with van der Waals surface area (Å²) < 4.78 is 0. The second-order valence-corrected chi connectivity index (χ2v) is 9.16. The number of hydrogen-bond acceptors (Lipinski definition) is 4. The quantitative estimate of drug-likeness (QED) is 0.776. The van der Waals surface area contributed by atoms with E-state index in [1.807, 2.05) is 0 Å². The summed E-state index contributed by atoms with van der Waals surface area (Å²) >= 11 is 0. The predicted octanol–water partition coefficient (Wildman–Crippen LogP) is 3.52. The molecule has 0 aliphatic carbocycles. The van der Waals surface area contributed by atoms with Gasteiger partial charge >= 0.3 is 0 Å². The fourth-order valence-corrected chi connectivity index (χ4v) is 4.71. The maximum absolute atomic E-state index is 12.8. The number of piperazine rings is 1. The summed E-state index contributed by atoms with van der Waals surface area (Å²) in [6, 6.07) is 17.7. The highest BCUT2D eigenvalue weighted by molar-refractivity contribution is 5.78. The molecule has 2 aliphatic rings. The van der Waals surface area contributed by atoms with Gasteiger partial charge in [0.2, 0.25) is 5.91 Å². The average Bonchev–Trinajstić information content (AvgIpc) is 2.77. The van der Waals surface area contributed by atoms with Crippen molar-refractivity contribution in [3.8, 4) is 0 Å². The van der Waals surface area contributed by atoms with E-state index in [1.165, 1.54) is 22.4 Å². The Morgan fingerprint density at radius 3 is 2.35 bits per heavy atom. The van der Waals surface area contributed by atoms with Crippen molar-refractivity contribution in [3.05, 3.63) is 65.2 Å². The van der Waals surface area contributed by atoms with E-state index >= 15 is 0 Å². The SMILES string of the molecule is Cc1cccc(CN2CCN(C(=O)CN3CCC(Nc4ccccc4C)CC3)CC2)c1. The molecule has 2 heterocycles. The molecule has 2 saturated heterocycles. The lowest BCUT2D eigenvalue weighted by molar-refractivity contribution is -0.134. The number of nitrogens with one attached hydrogen (secondary N) is 1. The van der Waals surface area contributed by atoms with Crippen LogP contribution in [0.5, 0.6) is 0 Å². The number of benzene rings is 2. The second kappa shape index (κ2) is 10.3. The van der Waals surface area contributed by atoms with Crippen LogP contribution in [0.4, 0.5) is 5.69 Å². The van der Waals surface area contributed by atoms with Gasteiger partial charge in [-0.2, -0.15) is 0 Å². The van der Waals surface area contributed by atoms with Crippen LogP contribution >= 0.6 is 0 Å². The number of piperidine rings is 1. The van der Waals surface area contributed by atoms with E-state index in [-0.39, 0.29) is 0 Å². The van der Waals surface area contributed by atoms with Crippen LogP contribution in [0.15, 0.2) is 48.5 Å². The maximum atomic E-state index is 12.8. The summed E-state index contributed by atoms with van der Waals surface area (Å²) in [6.45, 7) is 11.4. The molecule has 2 aromatic rings. The van der Waals surface area contributed by atoms with E-state index in [2.05, 4.69) is 82.4 Å². The molecular formula is C26H36N4O. The molecule has 2 aromatic carbocycles. The van der Waals surface area contributed by atoms with Crippen LogP contribution in [-0.2, 0) is 11.3 Å². The largest absolute Gasteiger partial charge is 0.382 e. The lowest BCUT2D eigenvalue weighted by atomic mass is 10.0. The zero-order valence-electron chi connectivity index (χ0n) is 19.0. The van der Waals surface area contributed by atoms with Gasteiger partial charge in [-0.05, 0) is 43.9 Å². The first kappa shape index (κ1) is 21.8. The molecule has 4 rings (SSSR count). The molecule has 5 nitrogen and oxygen atoms in total. The lowest BCUT2D eigenvalue weighted by Crippen LogP contribution is -2.52. The molecule has 1 N–H and O–H groups in total. The molecule has 31 heavy (non-hydrogen) atoms. The highest BCUT2D eigenvalue weighted by Crippen LogP contribution is 2.20. The Kier molecular flexibility index (Phi) is 7.25. The summed E-state index contributed by atoms with van der Waals surface area (Å²) in [5.74, 6) is 0.292. The molecular weight excluding hydrogens is 384 g/mol. The van der Waals surface area contributed by atoms with E-state index < -0.39 is 0 Å². The van der Waals surface area contributed by atoms with Crippen molar-refractivity contribution >= 4 is 11.6 Å². The van der Waals surface area contributed by atoms with Crippen molar-refractivity contribution in [1.29, 1.82) is 0 Å². The van der Waals surface area contributed by atoms with Gasteiger partial charge in [-0.1, -0.05) is 48.0 Å². The van der Waals surface area contributed by atoms with Crippen LogP contribution in [0.1, 0.15) is 29.5 Å². The third-order valence-corrected chi connectivity index (χ3v) is 6.66. The van der Waals surface area contributed by atoms with Crippen molar-refractivity contribution in [3.63, 3.8) is 0 Å². The first-order valence-electron chi connectivity index (χ1n) is 11.7. The van der Waals surface area contributed by atoms with Gasteiger partial charge in [-0.25, -0.2) is 0 Å². The summed E-state index contributed by atoms with van der Waals surface area (Å²) in [4.78, 5) is 19.7. The molecule has 0 saturated carbocycles. The van der Waals surface area contributed by atoms with Crippen molar-refractivity contribution < 1.29 is 4.79 Å². The van der Waals surface area contributed by atoms with E-state index in [0.29, 0.717) is 18.5 Å². The number of anilines is 1. The molecule has 1 amide bonds. The minimum absolute atomic E-state index is 0.292. The van der Waals surface area contributed by atoms with Crippen LogP contribution in [0, 0.1) is 13.8 Å². The van der Waals surface area contributed by atoms with Crippen molar-refractivity contribution in [1.82, 2.24) is 14.7 Å². The smallest absolute Gasteiger partial charge is 0.236 e. The monoisotopic (exact) mass is 420 g/mol. The number of para-hydroxylation sites is 1. The van der Waals surface area contributed by atoms with Crippen LogP contribution in [0.2, 0.25) is 0 Å². The second-order valence-electron chi connectivity index (χ2n) is 9.16. The Morgan fingerprint density at radius 1 is 0.903 bits per heavy atom. The van der Waals surface area contributed by atoms with E-state index in [9.17, 15) is 4.79 Å². The van der Waals surface area contributed by atoms with Gasteiger partial charge in [0.1, 0.15) is 0 Å². The first-order chi connectivity index (χ1) is 15.1. The fraction of sp³-hybridized carbons (Fsp3) is 0.500. The Morgan fingerprint density at radius 2 is 1.65 bits per heavy atom. The van der Waals surface area contributed by atoms with Gasteiger partial charge in [-0.15, -0.1) is 0 Å². The molecule has 2 fully saturated rings. The number of likely N-dealkylation sites (tertiary alicyclic amines) is 1. The molecule has 0 bridgehead atoms. The van der Waals surface area contributed by atoms with E-state index in [1.54, 1.807) is 0 Å². The summed E-state index contributed by atoms with van der Waals surface area (Å²) in [7, 11) is 0. The van der Waals surface area contributed by atoms with Crippen LogP contribution in [0.3, 0.4) is 0 Å². The first-order valence-corrected chi connectivity index (χ1v) is 11.7. The number of aryl methyl sites for hydroxylation is 2. The topological polar surface area (TPSA) is 38.8 Å². The molecule has 0 atom stereocenters. The minimum Gasteiger partial charge on any atom is -0.382 e. The van der Waals surface area contributed by atoms with Crippen LogP contribution < -0.4 is 5.32 Å². The van der Waals surface area contributed by atoms with Crippen LogP contribution in [-0.4, -0.2) is 72.5 Å². The highest BCUT2D eigenvalue weighted by atomic mass is 16.2. The normalized spacial score (nSPS) is 18.8. The van der Waals surface area contributed by atoms with Gasteiger partial charge in [0.05, 0.1) is 6.54 Å². The highest BCUT2D eigenvalue weighted by Gasteiger charge is 2.25. The number of nitrogens with zero attached hydrogens (tertiary/aromatic N) is 3. The summed E-state index contributed by atoms with van der Waals surface area (Å²) in [5.41, 5.74) is 5.20. The number of carbonyl (C=O) groups excluding carboxylic acids is 1. The molecule has 0 radical (unpaired) electrons.